The van der Waals surface area contributed by atoms with Crippen molar-refractivity contribution >= 4 is 23.1 Å². The smallest absolute Gasteiger partial charge is 0.153 e. The van der Waals surface area contributed by atoms with Gasteiger partial charge in [0, 0.05) is 25.2 Å². The lowest BCUT2D eigenvalue weighted by molar-refractivity contribution is -0.116. The van der Waals surface area contributed by atoms with Crippen LogP contribution in [0.1, 0.15) is 6.42 Å². The lowest BCUT2D eigenvalue weighted by Crippen LogP contribution is -2.20. The van der Waals surface area contributed by atoms with Crippen molar-refractivity contribution < 1.29 is 4.79 Å². The number of rotatable bonds is 3. The summed E-state index contributed by atoms with van der Waals surface area (Å²) in [7, 11) is 0. The molecule has 6 heteroatoms. The highest BCUT2D eigenvalue weighted by Gasteiger charge is 2.20. The summed E-state index contributed by atoms with van der Waals surface area (Å²) in [5.74, 6) is 1.71. The molecule has 2 aromatic rings. The highest BCUT2D eigenvalue weighted by Crippen LogP contribution is 2.20. The second kappa shape index (κ2) is 5.01. The predicted octanol–water partition coefficient (Wildman–Crippen LogP) is 1.39. The van der Waals surface area contributed by atoms with Gasteiger partial charge in [-0.1, -0.05) is 0 Å². The van der Waals surface area contributed by atoms with Crippen LogP contribution in [0.2, 0.25) is 0 Å². The second-order valence-corrected chi connectivity index (χ2v) is 4.34. The van der Waals surface area contributed by atoms with Crippen molar-refractivity contribution in [1.82, 2.24) is 15.0 Å². The first-order chi connectivity index (χ1) is 9.31. The van der Waals surface area contributed by atoms with Gasteiger partial charge in [0.1, 0.15) is 18.0 Å². The zero-order chi connectivity index (χ0) is 13.1. The topological polar surface area (TPSA) is 71.0 Å². The van der Waals surface area contributed by atoms with E-state index in [4.69, 9.17) is 0 Å². The highest BCUT2D eigenvalue weighted by atomic mass is 16.1. The van der Waals surface area contributed by atoms with Crippen LogP contribution in [-0.4, -0.2) is 33.8 Å². The maximum atomic E-state index is 11.3. The number of pyridine rings is 1. The molecule has 3 heterocycles. The predicted molar refractivity (Wildman–Crippen MR) is 71.4 cm³/mol. The number of nitrogens with one attached hydrogen (secondary N) is 1. The Bertz CT molecular complexity index is 587. The maximum Gasteiger partial charge on any atom is 0.153 e. The zero-order valence-electron chi connectivity index (χ0n) is 10.3. The fraction of sp³-hybridized carbons (Fsp3) is 0.231. The van der Waals surface area contributed by atoms with E-state index in [0.717, 1.165) is 18.1 Å². The second-order valence-electron chi connectivity index (χ2n) is 4.34. The van der Waals surface area contributed by atoms with Crippen molar-refractivity contribution in [3.63, 3.8) is 0 Å². The fourth-order valence-corrected chi connectivity index (χ4v) is 2.00. The minimum absolute atomic E-state index is 0.250. The normalized spacial score (nSPS) is 14.7. The van der Waals surface area contributed by atoms with Crippen molar-refractivity contribution in [2.75, 3.05) is 23.3 Å². The van der Waals surface area contributed by atoms with E-state index in [-0.39, 0.29) is 5.78 Å². The Labute approximate surface area is 110 Å². The Morgan fingerprint density at radius 1 is 1.32 bits per heavy atom. The number of hydrogen-bond acceptors (Lipinski definition) is 6. The minimum atomic E-state index is 0.250. The van der Waals surface area contributed by atoms with Crippen LogP contribution in [-0.2, 0) is 4.79 Å². The summed E-state index contributed by atoms with van der Waals surface area (Å²) in [6, 6.07) is 5.60. The largest absolute Gasteiger partial charge is 0.349 e. The highest BCUT2D eigenvalue weighted by molar-refractivity contribution is 5.86. The average molecular weight is 255 g/mol. The summed E-state index contributed by atoms with van der Waals surface area (Å²) in [6.07, 6.45) is 5.53. The number of anilines is 3. The number of carbonyl (C=O) groups excluding carboxylic acids is 1. The van der Waals surface area contributed by atoms with Gasteiger partial charge < -0.3 is 10.2 Å². The van der Waals surface area contributed by atoms with Crippen LogP contribution in [0.4, 0.5) is 17.3 Å². The molecule has 0 radical (unpaired) electrons. The van der Waals surface area contributed by atoms with Crippen molar-refractivity contribution in [3.05, 3.63) is 36.9 Å². The summed E-state index contributed by atoms with van der Waals surface area (Å²) in [6.45, 7) is 1.16. The molecule has 0 unspecified atom stereocenters. The summed E-state index contributed by atoms with van der Waals surface area (Å²) in [4.78, 5) is 25.6. The van der Waals surface area contributed by atoms with E-state index >= 15 is 0 Å². The van der Waals surface area contributed by atoms with Gasteiger partial charge in [-0.2, -0.15) is 0 Å². The molecular weight excluding hydrogens is 242 g/mol. The van der Waals surface area contributed by atoms with Crippen LogP contribution < -0.4 is 10.2 Å². The number of hydrogen-bond donors (Lipinski definition) is 1. The zero-order valence-corrected chi connectivity index (χ0v) is 10.3. The molecule has 0 aromatic carbocycles. The van der Waals surface area contributed by atoms with E-state index in [1.165, 1.54) is 6.33 Å². The van der Waals surface area contributed by atoms with Crippen molar-refractivity contribution in [3.8, 4) is 0 Å². The Morgan fingerprint density at radius 2 is 2.26 bits per heavy atom. The number of aromatic nitrogens is 3. The molecule has 3 rings (SSSR count). The first-order valence-electron chi connectivity index (χ1n) is 6.07. The van der Waals surface area contributed by atoms with E-state index < -0.39 is 0 Å². The van der Waals surface area contributed by atoms with Gasteiger partial charge in [0.25, 0.3) is 0 Å². The number of carbonyl (C=O) groups is 1. The lowest BCUT2D eigenvalue weighted by Gasteiger charge is -2.15. The van der Waals surface area contributed by atoms with Crippen LogP contribution in [0.5, 0.6) is 0 Å². The van der Waals surface area contributed by atoms with Gasteiger partial charge in [-0.3, -0.25) is 9.78 Å². The summed E-state index contributed by atoms with van der Waals surface area (Å²) >= 11 is 0. The van der Waals surface area contributed by atoms with Gasteiger partial charge in [0.05, 0.1) is 18.4 Å². The molecule has 0 saturated carbocycles. The van der Waals surface area contributed by atoms with Crippen LogP contribution in [0.15, 0.2) is 36.9 Å². The third-order valence-electron chi connectivity index (χ3n) is 2.94. The summed E-state index contributed by atoms with van der Waals surface area (Å²) in [5.41, 5.74) is 0.865. The van der Waals surface area contributed by atoms with Gasteiger partial charge in [-0.25, -0.2) is 9.97 Å². The van der Waals surface area contributed by atoms with Crippen molar-refractivity contribution in [2.24, 2.45) is 0 Å². The first kappa shape index (κ1) is 11.6. The Morgan fingerprint density at radius 3 is 3.00 bits per heavy atom. The van der Waals surface area contributed by atoms with Gasteiger partial charge >= 0.3 is 0 Å². The molecule has 0 amide bonds. The van der Waals surface area contributed by atoms with Crippen LogP contribution >= 0.6 is 0 Å². The number of Topliss-reactive ketones (excluding diaryl/α,β-unsaturated/α-hetero) is 1. The van der Waals surface area contributed by atoms with E-state index in [1.807, 2.05) is 23.1 Å². The molecule has 0 bridgehead atoms. The van der Waals surface area contributed by atoms with Gasteiger partial charge in [0.15, 0.2) is 5.78 Å². The molecule has 2 aromatic heterocycles. The van der Waals surface area contributed by atoms with Gasteiger partial charge in [-0.05, 0) is 12.1 Å². The van der Waals surface area contributed by atoms with E-state index in [9.17, 15) is 4.79 Å². The third kappa shape index (κ3) is 2.67. The molecule has 1 N–H and O–H groups in total. The maximum absolute atomic E-state index is 11.3. The number of ketones is 1. The molecule has 1 fully saturated rings. The standard InChI is InChI=1S/C13H13N5O/c19-11-3-5-18(8-11)13-6-12(15-9-16-13)17-10-2-1-4-14-7-10/h1-2,4,6-7,9H,3,5,8H2,(H,15,16,17). The van der Waals surface area contributed by atoms with Crippen LogP contribution in [0.25, 0.3) is 0 Å². The molecule has 19 heavy (non-hydrogen) atoms. The molecule has 0 atom stereocenters. The number of nitrogens with zero attached hydrogens (tertiary/aromatic N) is 4. The van der Waals surface area contributed by atoms with E-state index in [2.05, 4.69) is 20.3 Å². The summed E-state index contributed by atoms with van der Waals surface area (Å²) < 4.78 is 0. The fourth-order valence-electron chi connectivity index (χ4n) is 2.00. The molecule has 96 valence electrons. The van der Waals surface area contributed by atoms with E-state index in [1.54, 1.807) is 12.4 Å². The molecule has 6 nitrogen and oxygen atoms in total. The molecule has 0 spiro atoms. The molecule has 1 aliphatic heterocycles. The average Bonchev–Trinajstić information content (AvgIpc) is 2.87. The Kier molecular flexibility index (Phi) is 3.06. The molecular formula is C13H13N5O. The Balaban J connectivity index is 1.78. The van der Waals surface area contributed by atoms with Gasteiger partial charge in [0.2, 0.25) is 0 Å². The van der Waals surface area contributed by atoms with Gasteiger partial charge in [-0.15, -0.1) is 0 Å². The van der Waals surface area contributed by atoms with E-state index in [0.29, 0.717) is 18.8 Å². The van der Waals surface area contributed by atoms with Crippen LogP contribution in [0.3, 0.4) is 0 Å². The lowest BCUT2D eigenvalue weighted by atomic mass is 10.4. The monoisotopic (exact) mass is 255 g/mol. The van der Waals surface area contributed by atoms with Crippen LogP contribution in [0, 0.1) is 0 Å². The molecule has 0 aliphatic carbocycles. The first-order valence-corrected chi connectivity index (χ1v) is 6.07. The summed E-state index contributed by atoms with van der Waals surface area (Å²) in [5, 5.41) is 3.15. The SMILES string of the molecule is O=C1CCN(c2cc(Nc3cccnc3)ncn2)C1. The van der Waals surface area contributed by atoms with Crippen molar-refractivity contribution in [1.29, 1.82) is 0 Å². The third-order valence-corrected chi connectivity index (χ3v) is 2.94. The van der Waals surface area contributed by atoms with Crippen molar-refractivity contribution in [2.45, 2.75) is 6.42 Å². The molecule has 1 saturated heterocycles. The Hall–Kier alpha value is -2.50. The quantitative estimate of drug-likeness (QED) is 0.893. The molecule has 1 aliphatic rings. The minimum Gasteiger partial charge on any atom is -0.349 e.